The van der Waals surface area contributed by atoms with E-state index in [0.29, 0.717) is 25.2 Å². The Morgan fingerprint density at radius 3 is 2.00 bits per heavy atom. The van der Waals surface area contributed by atoms with E-state index in [0.717, 1.165) is 6.42 Å². The molecule has 0 amide bonds. The Kier molecular flexibility index (Phi) is 11.3. The lowest BCUT2D eigenvalue weighted by Gasteiger charge is -2.45. The summed E-state index contributed by atoms with van der Waals surface area (Å²) in [7, 11) is 0. The minimum absolute atomic E-state index is 0.136. The Morgan fingerprint density at radius 2 is 1.47 bits per heavy atom. The van der Waals surface area contributed by atoms with Crippen LogP contribution in [0.3, 0.4) is 0 Å². The van der Waals surface area contributed by atoms with Gasteiger partial charge in [-0.05, 0) is 37.0 Å². The molecule has 1 aliphatic carbocycles. The zero-order valence-electron chi connectivity index (χ0n) is 23.6. The van der Waals surface area contributed by atoms with E-state index in [1.54, 1.807) is 0 Å². The molecule has 38 heavy (non-hydrogen) atoms. The van der Waals surface area contributed by atoms with Crippen molar-refractivity contribution in [1.82, 2.24) is 0 Å². The monoisotopic (exact) mass is 542 g/mol. The largest absolute Gasteiger partial charge is 0.463 e. The SMILES string of the molecule is CC(=O)OC[C@H]1O[C@@H](O[C@H](C)CC[C@@H]2[C@@H](C)CC(=O)CC2(C)C)[C@H](OC(C)=O)[C@@H](OC(C)=O)[C@@H]1OC(C)=O. The van der Waals surface area contributed by atoms with Crippen molar-refractivity contribution in [2.45, 2.75) is 118 Å². The number of rotatable bonds is 10. The molecule has 11 nitrogen and oxygen atoms in total. The third-order valence-electron chi connectivity index (χ3n) is 7.09. The second-order valence-electron chi connectivity index (χ2n) is 11.1. The number of esters is 4. The van der Waals surface area contributed by atoms with Gasteiger partial charge in [0.25, 0.3) is 0 Å². The number of carbonyl (C=O) groups is 5. The zero-order chi connectivity index (χ0) is 28.8. The quantitative estimate of drug-likeness (QED) is 0.297. The van der Waals surface area contributed by atoms with Gasteiger partial charge in [0.05, 0.1) is 6.10 Å². The van der Waals surface area contributed by atoms with Gasteiger partial charge in [-0.25, -0.2) is 0 Å². The maximum atomic E-state index is 12.1. The Morgan fingerprint density at radius 1 is 0.921 bits per heavy atom. The van der Waals surface area contributed by atoms with Gasteiger partial charge in [-0.2, -0.15) is 0 Å². The molecule has 2 aliphatic rings. The Balaban J connectivity index is 2.27. The van der Waals surface area contributed by atoms with Crippen LogP contribution in [0.15, 0.2) is 0 Å². The van der Waals surface area contributed by atoms with Crippen LogP contribution in [-0.4, -0.2) is 73.1 Å². The Hall–Kier alpha value is -2.53. The number of ether oxygens (including phenoxy) is 6. The minimum Gasteiger partial charge on any atom is -0.463 e. The third kappa shape index (κ3) is 9.04. The van der Waals surface area contributed by atoms with Gasteiger partial charge in [-0.1, -0.05) is 20.8 Å². The van der Waals surface area contributed by atoms with Crippen LogP contribution in [0.1, 0.15) is 81.1 Å². The summed E-state index contributed by atoms with van der Waals surface area (Å²) in [5, 5.41) is 0. The van der Waals surface area contributed by atoms with Gasteiger partial charge < -0.3 is 28.4 Å². The van der Waals surface area contributed by atoms with Gasteiger partial charge >= 0.3 is 23.9 Å². The second kappa shape index (κ2) is 13.5. The number of Topliss-reactive ketones (excluding diaryl/α,β-unsaturated/α-hetero) is 1. The highest BCUT2D eigenvalue weighted by atomic mass is 16.7. The van der Waals surface area contributed by atoms with Crippen LogP contribution in [0, 0.1) is 17.3 Å². The third-order valence-corrected chi connectivity index (χ3v) is 7.09. The van der Waals surface area contributed by atoms with Crippen molar-refractivity contribution in [2.75, 3.05) is 6.61 Å². The molecule has 0 aromatic carbocycles. The van der Waals surface area contributed by atoms with Crippen LogP contribution < -0.4 is 0 Å². The fraction of sp³-hybridized carbons (Fsp3) is 0.815. The van der Waals surface area contributed by atoms with Gasteiger partial charge in [0, 0.05) is 40.5 Å². The lowest BCUT2D eigenvalue weighted by molar-refractivity contribution is -0.316. The van der Waals surface area contributed by atoms with Crippen LogP contribution in [0.5, 0.6) is 0 Å². The summed E-state index contributed by atoms with van der Waals surface area (Å²) in [6.45, 7) is 12.6. The van der Waals surface area contributed by atoms with Crippen molar-refractivity contribution in [3.05, 3.63) is 0 Å². The molecule has 0 radical (unpaired) electrons. The summed E-state index contributed by atoms with van der Waals surface area (Å²) in [5.41, 5.74) is -0.136. The van der Waals surface area contributed by atoms with E-state index in [1.807, 2.05) is 6.92 Å². The van der Waals surface area contributed by atoms with Crippen LogP contribution in [0.2, 0.25) is 0 Å². The Bertz CT molecular complexity index is 882. The minimum atomic E-state index is -1.27. The maximum absolute atomic E-state index is 12.1. The number of hydrogen-bond acceptors (Lipinski definition) is 11. The smallest absolute Gasteiger partial charge is 0.303 e. The molecule has 1 saturated heterocycles. The van der Waals surface area contributed by atoms with E-state index in [4.69, 9.17) is 28.4 Å². The fourth-order valence-electron chi connectivity index (χ4n) is 5.67. The van der Waals surface area contributed by atoms with E-state index in [9.17, 15) is 24.0 Å². The van der Waals surface area contributed by atoms with Crippen molar-refractivity contribution in [1.29, 1.82) is 0 Å². The highest BCUT2D eigenvalue weighted by Gasteiger charge is 2.53. The average Bonchev–Trinajstić information content (AvgIpc) is 2.74. The molecule has 0 spiro atoms. The first-order valence-corrected chi connectivity index (χ1v) is 13.1. The van der Waals surface area contributed by atoms with Crippen molar-refractivity contribution < 1.29 is 52.4 Å². The van der Waals surface area contributed by atoms with Gasteiger partial charge in [-0.3, -0.25) is 24.0 Å². The van der Waals surface area contributed by atoms with Crippen LogP contribution in [0.4, 0.5) is 0 Å². The molecule has 1 heterocycles. The zero-order valence-corrected chi connectivity index (χ0v) is 23.6. The highest BCUT2D eigenvalue weighted by Crippen LogP contribution is 2.45. The molecule has 0 aromatic rings. The van der Waals surface area contributed by atoms with Crippen LogP contribution in [-0.2, 0) is 52.4 Å². The normalized spacial score (nSPS) is 31.6. The molecular weight excluding hydrogens is 500 g/mol. The van der Waals surface area contributed by atoms with E-state index in [2.05, 4.69) is 20.8 Å². The van der Waals surface area contributed by atoms with Crippen LogP contribution in [0.25, 0.3) is 0 Å². The number of carbonyl (C=O) groups excluding carboxylic acids is 5. The summed E-state index contributed by atoms with van der Waals surface area (Å²) in [4.78, 5) is 59.4. The van der Waals surface area contributed by atoms with Crippen molar-refractivity contribution >= 4 is 29.7 Å². The van der Waals surface area contributed by atoms with E-state index < -0.39 is 54.6 Å². The van der Waals surface area contributed by atoms with Crippen molar-refractivity contribution in [3.63, 3.8) is 0 Å². The molecule has 0 bridgehead atoms. The topological polar surface area (TPSA) is 141 Å². The van der Waals surface area contributed by atoms with Gasteiger partial charge in [0.1, 0.15) is 18.5 Å². The first-order valence-electron chi connectivity index (χ1n) is 13.1. The standard InChI is InChI=1S/C27H42O11/c1-14-11-20(32)12-27(7,8)21(14)10-9-15(2)34-26-25(37-19(6)31)24(36-18(5)30)23(35-17(4)29)22(38-26)13-33-16(3)28/h14-15,21-26H,9-13H2,1-8H3/t14-,15+,21+,22+,23+,24-,25+,26+/m0/s1. The highest BCUT2D eigenvalue weighted by molar-refractivity contribution is 5.80. The lowest BCUT2D eigenvalue weighted by atomic mass is 9.62. The number of hydrogen-bond donors (Lipinski definition) is 0. The van der Waals surface area contributed by atoms with Gasteiger partial charge in [-0.15, -0.1) is 0 Å². The van der Waals surface area contributed by atoms with Crippen molar-refractivity contribution in [3.8, 4) is 0 Å². The first-order chi connectivity index (χ1) is 17.6. The summed E-state index contributed by atoms with van der Waals surface area (Å²) in [5.74, 6) is -1.84. The molecule has 0 N–H and O–H groups in total. The summed E-state index contributed by atoms with van der Waals surface area (Å²) >= 11 is 0. The molecule has 0 unspecified atom stereocenters. The van der Waals surface area contributed by atoms with E-state index in [-0.39, 0.29) is 29.8 Å². The first kappa shape index (κ1) is 31.7. The summed E-state index contributed by atoms with van der Waals surface area (Å²) < 4.78 is 33.6. The average molecular weight is 543 g/mol. The molecule has 2 rings (SSSR count). The fourth-order valence-corrected chi connectivity index (χ4v) is 5.67. The molecule has 2 fully saturated rings. The molecular formula is C27H42O11. The molecule has 1 saturated carbocycles. The molecule has 1 aliphatic heterocycles. The predicted octanol–water partition coefficient (Wildman–Crippen LogP) is 2.90. The molecule has 8 atom stereocenters. The van der Waals surface area contributed by atoms with Gasteiger partial charge in [0.2, 0.25) is 0 Å². The molecule has 0 aromatic heterocycles. The lowest BCUT2D eigenvalue weighted by Crippen LogP contribution is -2.63. The van der Waals surface area contributed by atoms with Crippen molar-refractivity contribution in [2.24, 2.45) is 17.3 Å². The maximum Gasteiger partial charge on any atom is 0.303 e. The van der Waals surface area contributed by atoms with E-state index >= 15 is 0 Å². The second-order valence-corrected chi connectivity index (χ2v) is 11.1. The summed E-state index contributed by atoms with van der Waals surface area (Å²) in [6.07, 6.45) is -3.86. The van der Waals surface area contributed by atoms with E-state index in [1.165, 1.54) is 27.7 Å². The van der Waals surface area contributed by atoms with Crippen LogP contribution >= 0.6 is 0 Å². The predicted molar refractivity (Wildman–Crippen MR) is 132 cm³/mol. The molecule has 216 valence electrons. The number of ketones is 1. The summed E-state index contributed by atoms with van der Waals surface area (Å²) in [6, 6.07) is 0. The van der Waals surface area contributed by atoms with Gasteiger partial charge in [0.15, 0.2) is 24.6 Å². The molecule has 11 heteroatoms. The Labute approximate surface area is 224 Å².